The maximum Gasteiger partial charge on any atom is 0.243 e. The molecular weight excluding hydrogens is 430 g/mol. The summed E-state index contributed by atoms with van der Waals surface area (Å²) in [4.78, 5) is 8.98. The van der Waals surface area contributed by atoms with Crippen molar-refractivity contribution in [1.29, 1.82) is 0 Å². The molecule has 3 N–H and O–H groups in total. The van der Waals surface area contributed by atoms with Crippen LogP contribution in [0.5, 0.6) is 0 Å². The minimum Gasteiger partial charge on any atom is -0.378 e. The van der Waals surface area contributed by atoms with E-state index in [-0.39, 0.29) is 10.9 Å². The fraction of sp³-hybridized carbons (Fsp3) is 0.381. The summed E-state index contributed by atoms with van der Waals surface area (Å²) < 4.78 is 33.5. The van der Waals surface area contributed by atoms with Crippen LogP contribution in [0.15, 0.2) is 35.4 Å². The second-order valence-corrected chi connectivity index (χ2v) is 9.72. The van der Waals surface area contributed by atoms with Crippen LogP contribution in [0, 0.1) is 20.8 Å². The van der Waals surface area contributed by atoms with E-state index in [1.807, 2.05) is 26.8 Å². The van der Waals surface area contributed by atoms with Crippen molar-refractivity contribution < 1.29 is 13.2 Å². The molecule has 4 rings (SSSR count). The van der Waals surface area contributed by atoms with Crippen molar-refractivity contribution in [2.45, 2.75) is 38.6 Å². The summed E-state index contributed by atoms with van der Waals surface area (Å²) in [5, 5.41) is 13.4. The van der Waals surface area contributed by atoms with E-state index in [9.17, 15) is 8.42 Å². The molecule has 0 radical (unpaired) electrons. The largest absolute Gasteiger partial charge is 0.378 e. The lowest BCUT2D eigenvalue weighted by molar-refractivity contribution is 0.0392. The standard InChI is InChI=1S/C21H27N7O3S/c1-13-5-6-17(11-18(13)32(29,30)28-9-10-31-12-14(28)2)23-21-22-8-7-19(25-21)24-20-15(3)16(4)26-27-20/h5-8,11,14H,9-10,12H2,1-4H3,(H3,22,23,24,25,26,27)/t14-/m1/s1. The first kappa shape index (κ1) is 22.2. The van der Waals surface area contributed by atoms with E-state index in [2.05, 4.69) is 30.8 Å². The van der Waals surface area contributed by atoms with Gasteiger partial charge in [-0.05, 0) is 51.5 Å². The molecule has 0 spiro atoms. The molecule has 1 aliphatic heterocycles. The molecule has 0 unspecified atom stereocenters. The number of aryl methyl sites for hydroxylation is 2. The highest BCUT2D eigenvalue weighted by atomic mass is 32.2. The zero-order valence-corrected chi connectivity index (χ0v) is 19.3. The maximum absolute atomic E-state index is 13.3. The molecule has 170 valence electrons. The maximum atomic E-state index is 13.3. The van der Waals surface area contributed by atoms with Crippen LogP contribution < -0.4 is 10.6 Å². The second-order valence-electron chi connectivity index (χ2n) is 7.86. The molecule has 1 atom stereocenters. The average Bonchev–Trinajstić information content (AvgIpc) is 3.07. The molecule has 1 fully saturated rings. The highest BCUT2D eigenvalue weighted by Gasteiger charge is 2.32. The monoisotopic (exact) mass is 457 g/mol. The molecule has 1 aliphatic rings. The molecule has 10 nitrogen and oxygen atoms in total. The minimum atomic E-state index is -3.66. The van der Waals surface area contributed by atoms with Gasteiger partial charge in [0.05, 0.1) is 18.1 Å². The first-order valence-electron chi connectivity index (χ1n) is 10.3. The molecule has 0 saturated carbocycles. The van der Waals surface area contributed by atoms with Gasteiger partial charge in [0.15, 0.2) is 5.82 Å². The predicted octanol–water partition coefficient (Wildman–Crippen LogP) is 3.02. The summed E-state index contributed by atoms with van der Waals surface area (Å²) in [6.07, 6.45) is 1.62. The van der Waals surface area contributed by atoms with Gasteiger partial charge in [-0.25, -0.2) is 13.4 Å². The lowest BCUT2D eigenvalue weighted by Crippen LogP contribution is -2.47. The van der Waals surface area contributed by atoms with E-state index in [1.54, 1.807) is 31.3 Å². The van der Waals surface area contributed by atoms with E-state index in [0.717, 1.165) is 11.3 Å². The number of benzene rings is 1. The summed E-state index contributed by atoms with van der Waals surface area (Å²) in [5.74, 6) is 1.60. The lowest BCUT2D eigenvalue weighted by Gasteiger charge is -2.32. The number of nitrogens with zero attached hydrogens (tertiary/aromatic N) is 4. The van der Waals surface area contributed by atoms with E-state index >= 15 is 0 Å². The van der Waals surface area contributed by atoms with Crippen molar-refractivity contribution in [3.8, 4) is 0 Å². The summed E-state index contributed by atoms with van der Waals surface area (Å²) in [7, 11) is -3.66. The van der Waals surface area contributed by atoms with Gasteiger partial charge in [0.2, 0.25) is 16.0 Å². The molecular formula is C21H27N7O3S. The van der Waals surface area contributed by atoms with Gasteiger partial charge in [0.25, 0.3) is 0 Å². The number of H-pyrrole nitrogens is 1. The van der Waals surface area contributed by atoms with Crippen molar-refractivity contribution >= 4 is 33.3 Å². The molecule has 0 bridgehead atoms. The first-order valence-corrected chi connectivity index (χ1v) is 11.8. The van der Waals surface area contributed by atoms with Gasteiger partial charge in [-0.1, -0.05) is 6.07 Å². The zero-order chi connectivity index (χ0) is 22.9. The van der Waals surface area contributed by atoms with Gasteiger partial charge >= 0.3 is 0 Å². The van der Waals surface area contributed by atoms with Crippen LogP contribution in [-0.2, 0) is 14.8 Å². The van der Waals surface area contributed by atoms with Crippen molar-refractivity contribution in [1.82, 2.24) is 24.5 Å². The van der Waals surface area contributed by atoms with Crippen molar-refractivity contribution in [2.75, 3.05) is 30.4 Å². The van der Waals surface area contributed by atoms with E-state index in [0.29, 0.717) is 48.6 Å². The normalized spacial score (nSPS) is 17.3. The number of aromatic nitrogens is 4. The second kappa shape index (κ2) is 8.85. The Morgan fingerprint density at radius 1 is 1.19 bits per heavy atom. The smallest absolute Gasteiger partial charge is 0.243 e. The van der Waals surface area contributed by atoms with Crippen LogP contribution in [0.1, 0.15) is 23.7 Å². The summed E-state index contributed by atoms with van der Waals surface area (Å²) in [6.45, 7) is 8.66. The van der Waals surface area contributed by atoms with Gasteiger partial charge in [0, 0.05) is 35.7 Å². The Balaban J connectivity index is 1.57. The number of aromatic amines is 1. The Hall–Kier alpha value is -3.02. The molecule has 3 aromatic rings. The molecule has 3 heterocycles. The van der Waals surface area contributed by atoms with Crippen molar-refractivity contribution in [3.63, 3.8) is 0 Å². The number of ether oxygens (including phenoxy) is 1. The zero-order valence-electron chi connectivity index (χ0n) is 18.5. The van der Waals surface area contributed by atoms with Crippen LogP contribution in [-0.4, -0.2) is 58.7 Å². The van der Waals surface area contributed by atoms with Gasteiger partial charge in [-0.3, -0.25) is 5.10 Å². The quantitative estimate of drug-likeness (QED) is 0.516. The predicted molar refractivity (Wildman–Crippen MR) is 122 cm³/mol. The Bertz CT molecular complexity index is 1230. The number of rotatable bonds is 6. The number of nitrogens with one attached hydrogen (secondary N) is 3. The van der Waals surface area contributed by atoms with E-state index in [1.165, 1.54) is 4.31 Å². The fourth-order valence-corrected chi connectivity index (χ4v) is 5.35. The third-order valence-electron chi connectivity index (χ3n) is 5.49. The topological polar surface area (TPSA) is 125 Å². The third kappa shape index (κ3) is 4.45. The molecule has 1 aromatic carbocycles. The Morgan fingerprint density at radius 2 is 2.00 bits per heavy atom. The van der Waals surface area contributed by atoms with Gasteiger partial charge < -0.3 is 15.4 Å². The fourth-order valence-electron chi connectivity index (χ4n) is 3.50. The minimum absolute atomic E-state index is 0.218. The molecule has 11 heteroatoms. The SMILES string of the molecule is Cc1ccc(Nc2nccc(Nc3n[nH]c(C)c3C)n2)cc1S(=O)(=O)N1CCOC[C@H]1C. The lowest BCUT2D eigenvalue weighted by atomic mass is 10.2. The molecule has 2 aromatic heterocycles. The highest BCUT2D eigenvalue weighted by Crippen LogP contribution is 2.27. The van der Waals surface area contributed by atoms with Crippen LogP contribution in [0.2, 0.25) is 0 Å². The first-order chi connectivity index (χ1) is 15.3. The number of hydrogen-bond donors (Lipinski definition) is 3. The van der Waals surface area contributed by atoms with Crippen LogP contribution >= 0.6 is 0 Å². The van der Waals surface area contributed by atoms with E-state index in [4.69, 9.17) is 4.74 Å². The van der Waals surface area contributed by atoms with Crippen LogP contribution in [0.25, 0.3) is 0 Å². The molecule has 0 amide bonds. The molecule has 0 aliphatic carbocycles. The van der Waals surface area contributed by atoms with Crippen molar-refractivity contribution in [2.24, 2.45) is 0 Å². The van der Waals surface area contributed by atoms with E-state index < -0.39 is 10.0 Å². The number of anilines is 4. The summed E-state index contributed by atoms with van der Waals surface area (Å²) >= 11 is 0. The number of sulfonamides is 1. The van der Waals surface area contributed by atoms with Gasteiger partial charge in [0.1, 0.15) is 5.82 Å². The summed E-state index contributed by atoms with van der Waals surface area (Å²) in [6, 6.07) is 6.72. The molecule has 1 saturated heterocycles. The average molecular weight is 458 g/mol. The third-order valence-corrected chi connectivity index (χ3v) is 7.65. The number of morpholine rings is 1. The molecule has 32 heavy (non-hydrogen) atoms. The highest BCUT2D eigenvalue weighted by molar-refractivity contribution is 7.89. The Kier molecular flexibility index (Phi) is 6.13. The number of hydrogen-bond acceptors (Lipinski definition) is 8. The van der Waals surface area contributed by atoms with Gasteiger partial charge in [-0.2, -0.15) is 14.4 Å². The Labute approximate surface area is 187 Å². The van der Waals surface area contributed by atoms with Crippen LogP contribution in [0.4, 0.5) is 23.3 Å². The van der Waals surface area contributed by atoms with Crippen LogP contribution in [0.3, 0.4) is 0 Å². The summed E-state index contributed by atoms with van der Waals surface area (Å²) in [5.41, 5.74) is 3.24. The van der Waals surface area contributed by atoms with Gasteiger partial charge in [-0.15, -0.1) is 0 Å². The van der Waals surface area contributed by atoms with Crippen molar-refractivity contribution in [3.05, 3.63) is 47.3 Å². The Morgan fingerprint density at radius 3 is 2.72 bits per heavy atom.